The van der Waals surface area contributed by atoms with E-state index >= 15 is 0 Å². The molecule has 0 saturated carbocycles. The average molecular weight is 177 g/mol. The second-order valence-corrected chi connectivity index (χ2v) is 2.82. The van der Waals surface area contributed by atoms with Gasteiger partial charge in [-0.3, -0.25) is 4.99 Å². The maximum atomic E-state index is 5.21. The molecule has 0 radical (unpaired) electrons. The predicted molar refractivity (Wildman–Crippen MR) is 55.9 cm³/mol. The lowest BCUT2D eigenvalue weighted by molar-refractivity contribution is 0.414. The number of aryl methyl sites for hydroxylation is 1. The van der Waals surface area contributed by atoms with Crippen molar-refractivity contribution in [3.63, 3.8) is 0 Å². The predicted octanol–water partition coefficient (Wildman–Crippen LogP) is 2.31. The van der Waals surface area contributed by atoms with Gasteiger partial charge < -0.3 is 4.74 Å². The third kappa shape index (κ3) is 2.31. The van der Waals surface area contributed by atoms with Crippen molar-refractivity contribution in [2.24, 2.45) is 4.99 Å². The lowest BCUT2D eigenvalue weighted by atomic mass is 10.1. The van der Waals surface area contributed by atoms with E-state index in [4.69, 9.17) is 4.74 Å². The average Bonchev–Trinajstić information content (AvgIpc) is 2.18. The molecule has 0 unspecified atom stereocenters. The zero-order valence-electron chi connectivity index (χ0n) is 8.37. The molecule has 0 spiro atoms. The molecule has 0 atom stereocenters. The fraction of sp³-hybridized carbons (Fsp3) is 0.364. The van der Waals surface area contributed by atoms with E-state index < -0.39 is 0 Å². The number of hydrogen-bond donors (Lipinski definition) is 0. The number of benzene rings is 1. The van der Waals surface area contributed by atoms with Gasteiger partial charge in [-0.1, -0.05) is 13.0 Å². The highest BCUT2D eigenvalue weighted by molar-refractivity contribution is 5.83. The first-order valence-electron chi connectivity index (χ1n) is 4.41. The molecule has 0 aliphatic rings. The molecule has 1 aromatic carbocycles. The molecule has 0 aliphatic heterocycles. The minimum Gasteiger partial charge on any atom is -0.496 e. The number of rotatable bonds is 3. The smallest absolute Gasteiger partial charge is 0.127 e. The molecular formula is C11H15NO. The molecule has 0 saturated heterocycles. The summed E-state index contributed by atoms with van der Waals surface area (Å²) in [6, 6.07) is 6.16. The normalized spacial score (nSPS) is 10.7. The van der Waals surface area contributed by atoms with Gasteiger partial charge in [0.25, 0.3) is 0 Å². The molecule has 1 rings (SSSR count). The third-order valence-corrected chi connectivity index (χ3v) is 1.97. The Morgan fingerprint density at radius 2 is 2.23 bits per heavy atom. The van der Waals surface area contributed by atoms with Gasteiger partial charge in [0.2, 0.25) is 0 Å². The Labute approximate surface area is 79.3 Å². The zero-order chi connectivity index (χ0) is 9.68. The van der Waals surface area contributed by atoms with Crippen molar-refractivity contribution in [2.75, 3.05) is 14.2 Å². The summed E-state index contributed by atoms with van der Waals surface area (Å²) in [5.74, 6) is 0.878. The Bertz CT molecular complexity index is 305. The van der Waals surface area contributed by atoms with Crippen LogP contribution >= 0.6 is 0 Å². The summed E-state index contributed by atoms with van der Waals surface area (Å²) in [6.45, 7) is 2.13. The summed E-state index contributed by atoms with van der Waals surface area (Å²) in [7, 11) is 3.44. The van der Waals surface area contributed by atoms with Crippen molar-refractivity contribution >= 4 is 6.21 Å². The van der Waals surface area contributed by atoms with Crippen molar-refractivity contribution in [1.29, 1.82) is 0 Å². The van der Waals surface area contributed by atoms with Crippen LogP contribution in [-0.4, -0.2) is 20.4 Å². The van der Waals surface area contributed by atoms with Crippen LogP contribution in [-0.2, 0) is 6.42 Å². The number of nitrogens with zero attached hydrogens (tertiary/aromatic N) is 1. The highest BCUT2D eigenvalue weighted by Gasteiger charge is 2.00. The Morgan fingerprint density at radius 1 is 1.46 bits per heavy atom. The van der Waals surface area contributed by atoms with Gasteiger partial charge in [-0.2, -0.15) is 0 Å². The van der Waals surface area contributed by atoms with Crippen molar-refractivity contribution in [3.8, 4) is 5.75 Å². The summed E-state index contributed by atoms with van der Waals surface area (Å²) in [5.41, 5.74) is 2.35. The second kappa shape index (κ2) is 4.65. The number of ether oxygens (including phenoxy) is 1. The summed E-state index contributed by atoms with van der Waals surface area (Å²) in [4.78, 5) is 3.98. The maximum Gasteiger partial charge on any atom is 0.127 e. The van der Waals surface area contributed by atoms with Gasteiger partial charge in [0.15, 0.2) is 0 Å². The van der Waals surface area contributed by atoms with E-state index in [1.165, 1.54) is 5.56 Å². The molecule has 0 heterocycles. The first-order chi connectivity index (χ1) is 6.31. The largest absolute Gasteiger partial charge is 0.496 e. The van der Waals surface area contributed by atoms with Gasteiger partial charge in [0.1, 0.15) is 5.75 Å². The second-order valence-electron chi connectivity index (χ2n) is 2.82. The first kappa shape index (κ1) is 9.78. The summed E-state index contributed by atoms with van der Waals surface area (Å²) < 4.78 is 5.21. The minimum atomic E-state index is 0.878. The lowest BCUT2D eigenvalue weighted by Crippen LogP contribution is -1.92. The van der Waals surface area contributed by atoms with Gasteiger partial charge in [-0.25, -0.2) is 0 Å². The van der Waals surface area contributed by atoms with Gasteiger partial charge in [0.05, 0.1) is 7.11 Å². The number of aliphatic imine (C=N–C) groups is 1. The summed E-state index contributed by atoms with van der Waals surface area (Å²) in [5, 5.41) is 0. The molecule has 0 aliphatic carbocycles. The lowest BCUT2D eigenvalue weighted by Gasteiger charge is -2.05. The van der Waals surface area contributed by atoms with E-state index in [0.29, 0.717) is 0 Å². The van der Waals surface area contributed by atoms with Crippen molar-refractivity contribution < 1.29 is 4.74 Å². The van der Waals surface area contributed by atoms with Crippen molar-refractivity contribution in [1.82, 2.24) is 0 Å². The molecule has 0 bridgehead atoms. The van der Waals surface area contributed by atoms with E-state index in [-0.39, 0.29) is 0 Å². The minimum absolute atomic E-state index is 0.878. The molecule has 70 valence electrons. The third-order valence-electron chi connectivity index (χ3n) is 1.97. The highest BCUT2D eigenvalue weighted by atomic mass is 16.5. The van der Waals surface area contributed by atoms with E-state index in [1.807, 2.05) is 12.3 Å². The molecule has 0 N–H and O–H groups in total. The first-order valence-corrected chi connectivity index (χ1v) is 4.41. The number of methoxy groups -OCH3 is 1. The Morgan fingerprint density at radius 3 is 2.77 bits per heavy atom. The molecule has 0 aromatic heterocycles. The number of hydrogen-bond acceptors (Lipinski definition) is 2. The fourth-order valence-electron chi connectivity index (χ4n) is 1.24. The standard InChI is InChI=1S/C11H15NO/c1-4-9-5-6-11(13-3)10(7-9)8-12-2/h5-8H,4H2,1-3H3. The van der Waals surface area contributed by atoms with Crippen LogP contribution in [0.2, 0.25) is 0 Å². The monoisotopic (exact) mass is 177 g/mol. The molecule has 1 aromatic rings. The van der Waals surface area contributed by atoms with E-state index in [1.54, 1.807) is 14.2 Å². The SMILES string of the molecule is CCc1ccc(OC)c(C=NC)c1. The van der Waals surface area contributed by atoms with Crippen LogP contribution in [0, 0.1) is 0 Å². The summed E-state index contributed by atoms with van der Waals surface area (Å²) in [6.07, 6.45) is 2.85. The molecule has 0 fully saturated rings. The molecule has 2 heteroatoms. The van der Waals surface area contributed by atoms with Crippen LogP contribution in [0.25, 0.3) is 0 Å². The van der Waals surface area contributed by atoms with Crippen LogP contribution < -0.4 is 4.74 Å². The van der Waals surface area contributed by atoms with Crippen molar-refractivity contribution in [3.05, 3.63) is 29.3 Å². The van der Waals surface area contributed by atoms with Gasteiger partial charge >= 0.3 is 0 Å². The van der Waals surface area contributed by atoms with Gasteiger partial charge in [-0.15, -0.1) is 0 Å². The van der Waals surface area contributed by atoms with Crippen LogP contribution in [0.3, 0.4) is 0 Å². The topological polar surface area (TPSA) is 21.6 Å². The van der Waals surface area contributed by atoms with Crippen LogP contribution in [0.5, 0.6) is 5.75 Å². The quantitative estimate of drug-likeness (QED) is 0.649. The van der Waals surface area contributed by atoms with E-state index in [9.17, 15) is 0 Å². The van der Waals surface area contributed by atoms with Crippen LogP contribution in [0.4, 0.5) is 0 Å². The molecule has 2 nitrogen and oxygen atoms in total. The Hall–Kier alpha value is -1.31. The van der Waals surface area contributed by atoms with E-state index in [0.717, 1.165) is 17.7 Å². The highest BCUT2D eigenvalue weighted by Crippen LogP contribution is 2.18. The maximum absolute atomic E-state index is 5.21. The Balaban J connectivity index is 3.09. The van der Waals surface area contributed by atoms with E-state index in [2.05, 4.69) is 24.0 Å². The van der Waals surface area contributed by atoms with Crippen LogP contribution in [0.15, 0.2) is 23.2 Å². The van der Waals surface area contributed by atoms with Crippen molar-refractivity contribution in [2.45, 2.75) is 13.3 Å². The zero-order valence-corrected chi connectivity index (χ0v) is 8.37. The Kier molecular flexibility index (Phi) is 3.50. The molecular weight excluding hydrogens is 162 g/mol. The molecule has 13 heavy (non-hydrogen) atoms. The molecule has 0 amide bonds. The van der Waals surface area contributed by atoms with Crippen LogP contribution in [0.1, 0.15) is 18.1 Å². The van der Waals surface area contributed by atoms with Gasteiger partial charge in [0, 0.05) is 18.8 Å². The summed E-state index contributed by atoms with van der Waals surface area (Å²) >= 11 is 0. The van der Waals surface area contributed by atoms with Gasteiger partial charge in [-0.05, 0) is 24.1 Å². The fourth-order valence-corrected chi connectivity index (χ4v) is 1.24.